The number of hydrogen-bond acceptors (Lipinski definition) is 2. The SMILES string of the molecule is C=C[Si](C)(OCCCCCCCCCCCCCCC)OCCC(C)C. The normalized spacial score (nSPS) is 13.9. The van der Waals surface area contributed by atoms with Crippen molar-refractivity contribution in [3.63, 3.8) is 0 Å². The van der Waals surface area contributed by atoms with Crippen molar-refractivity contribution in [3.8, 4) is 0 Å². The summed E-state index contributed by atoms with van der Waals surface area (Å²) in [6.07, 6.45) is 19.1. The zero-order chi connectivity index (χ0) is 19.5. The lowest BCUT2D eigenvalue weighted by Gasteiger charge is -2.24. The summed E-state index contributed by atoms with van der Waals surface area (Å²) in [5.74, 6) is 0.680. The standard InChI is InChI=1S/C23H48O2Si/c1-6-8-9-10-11-12-13-14-15-16-17-18-19-21-24-26(5,7-2)25-22-20-23(3)4/h7,23H,2,6,8-22H2,1,3-5H3. The molecule has 0 aromatic carbocycles. The third-order valence-corrected chi connectivity index (χ3v) is 7.39. The van der Waals surface area contributed by atoms with E-state index >= 15 is 0 Å². The van der Waals surface area contributed by atoms with Gasteiger partial charge in [-0.15, -0.1) is 6.58 Å². The summed E-state index contributed by atoms with van der Waals surface area (Å²) in [6, 6.07) is 0. The monoisotopic (exact) mass is 384 g/mol. The third kappa shape index (κ3) is 17.3. The van der Waals surface area contributed by atoms with Gasteiger partial charge >= 0.3 is 8.56 Å². The van der Waals surface area contributed by atoms with Gasteiger partial charge in [-0.2, -0.15) is 0 Å². The molecule has 0 aromatic heterocycles. The quantitative estimate of drug-likeness (QED) is 0.156. The first-order valence-corrected chi connectivity index (χ1v) is 13.8. The Labute approximate surface area is 166 Å². The molecule has 0 amide bonds. The Morgan fingerprint density at radius 2 is 1.15 bits per heavy atom. The molecular formula is C23H48O2Si. The summed E-state index contributed by atoms with van der Waals surface area (Å²) >= 11 is 0. The molecule has 0 saturated carbocycles. The van der Waals surface area contributed by atoms with Crippen LogP contribution in [0.3, 0.4) is 0 Å². The summed E-state index contributed by atoms with van der Waals surface area (Å²) in [6.45, 7) is 14.4. The van der Waals surface area contributed by atoms with E-state index in [2.05, 4.69) is 33.9 Å². The Hall–Kier alpha value is -0.123. The molecule has 0 radical (unpaired) electrons. The van der Waals surface area contributed by atoms with Gasteiger partial charge in [-0.1, -0.05) is 97.8 Å². The van der Waals surface area contributed by atoms with Crippen molar-refractivity contribution >= 4 is 8.56 Å². The summed E-state index contributed by atoms with van der Waals surface area (Å²) < 4.78 is 12.1. The molecule has 3 heteroatoms. The molecule has 0 rings (SSSR count). The van der Waals surface area contributed by atoms with Crippen LogP contribution in [-0.4, -0.2) is 21.8 Å². The van der Waals surface area contributed by atoms with Crippen molar-refractivity contribution in [2.75, 3.05) is 13.2 Å². The second-order valence-electron chi connectivity index (χ2n) is 8.34. The fourth-order valence-electron chi connectivity index (χ4n) is 3.05. The highest BCUT2D eigenvalue weighted by Gasteiger charge is 2.27. The van der Waals surface area contributed by atoms with E-state index in [9.17, 15) is 0 Å². The maximum absolute atomic E-state index is 6.06. The van der Waals surface area contributed by atoms with Crippen molar-refractivity contribution in [3.05, 3.63) is 12.3 Å². The third-order valence-electron chi connectivity index (χ3n) is 5.09. The first-order valence-electron chi connectivity index (χ1n) is 11.5. The Kier molecular flexibility index (Phi) is 18.2. The minimum Gasteiger partial charge on any atom is -0.391 e. The van der Waals surface area contributed by atoms with Gasteiger partial charge in [0.15, 0.2) is 0 Å². The fourth-order valence-corrected chi connectivity index (χ4v) is 4.44. The summed E-state index contributed by atoms with van der Waals surface area (Å²) in [5.41, 5.74) is 1.93. The van der Waals surface area contributed by atoms with Crippen molar-refractivity contribution in [1.82, 2.24) is 0 Å². The zero-order valence-corrected chi connectivity index (χ0v) is 19.5. The molecule has 0 aromatic rings. The fraction of sp³-hybridized carbons (Fsp3) is 0.913. The van der Waals surface area contributed by atoms with E-state index in [0.29, 0.717) is 5.92 Å². The Morgan fingerprint density at radius 1 is 0.731 bits per heavy atom. The minimum atomic E-state index is -2.13. The van der Waals surface area contributed by atoms with Crippen LogP contribution >= 0.6 is 0 Å². The van der Waals surface area contributed by atoms with Gasteiger partial charge in [-0.3, -0.25) is 0 Å². The molecule has 0 aliphatic carbocycles. The van der Waals surface area contributed by atoms with Gasteiger partial charge in [-0.05, 0) is 31.0 Å². The predicted molar refractivity (Wildman–Crippen MR) is 119 cm³/mol. The Morgan fingerprint density at radius 3 is 1.58 bits per heavy atom. The van der Waals surface area contributed by atoms with Crippen molar-refractivity contribution in [2.45, 2.75) is 117 Å². The number of rotatable bonds is 20. The summed E-state index contributed by atoms with van der Waals surface area (Å²) in [7, 11) is -2.13. The molecule has 156 valence electrons. The highest BCUT2D eigenvalue weighted by molar-refractivity contribution is 6.71. The van der Waals surface area contributed by atoms with Crippen LogP contribution in [0.1, 0.15) is 111 Å². The van der Waals surface area contributed by atoms with Gasteiger partial charge in [0.2, 0.25) is 0 Å². The molecule has 1 unspecified atom stereocenters. The van der Waals surface area contributed by atoms with Gasteiger partial charge in [0.1, 0.15) is 0 Å². The van der Waals surface area contributed by atoms with Crippen LogP contribution in [0.5, 0.6) is 0 Å². The molecule has 1 atom stereocenters. The van der Waals surface area contributed by atoms with E-state index in [-0.39, 0.29) is 0 Å². The topological polar surface area (TPSA) is 18.5 Å². The van der Waals surface area contributed by atoms with Crippen molar-refractivity contribution in [2.24, 2.45) is 5.92 Å². The van der Waals surface area contributed by atoms with E-state index in [0.717, 1.165) is 26.1 Å². The first-order chi connectivity index (χ1) is 12.5. The predicted octanol–water partition coefficient (Wildman–Crippen LogP) is 7.95. The lowest BCUT2D eigenvalue weighted by atomic mass is 10.0. The lowest BCUT2D eigenvalue weighted by molar-refractivity contribution is 0.173. The average molecular weight is 385 g/mol. The number of hydrogen-bond donors (Lipinski definition) is 0. The minimum absolute atomic E-state index is 0.680. The molecule has 0 aliphatic rings. The summed E-state index contributed by atoms with van der Waals surface area (Å²) in [5, 5.41) is 0. The molecule has 0 aliphatic heterocycles. The van der Waals surface area contributed by atoms with E-state index in [1.54, 1.807) is 0 Å². The van der Waals surface area contributed by atoms with E-state index in [4.69, 9.17) is 8.85 Å². The van der Waals surface area contributed by atoms with Crippen molar-refractivity contribution in [1.29, 1.82) is 0 Å². The highest BCUT2D eigenvalue weighted by atomic mass is 28.4. The Bertz CT molecular complexity index is 307. The van der Waals surface area contributed by atoms with E-state index < -0.39 is 8.56 Å². The second-order valence-corrected chi connectivity index (χ2v) is 11.4. The smallest absolute Gasteiger partial charge is 0.361 e. The molecular weight excluding hydrogens is 336 g/mol. The van der Waals surface area contributed by atoms with Gasteiger partial charge < -0.3 is 8.85 Å². The van der Waals surface area contributed by atoms with Crippen LogP contribution in [0.2, 0.25) is 6.55 Å². The van der Waals surface area contributed by atoms with Crippen LogP contribution in [-0.2, 0) is 8.85 Å². The van der Waals surface area contributed by atoms with Gasteiger partial charge in [0, 0.05) is 13.2 Å². The van der Waals surface area contributed by atoms with Crippen LogP contribution in [0.15, 0.2) is 12.3 Å². The van der Waals surface area contributed by atoms with Crippen LogP contribution < -0.4 is 0 Å². The van der Waals surface area contributed by atoms with Crippen molar-refractivity contribution < 1.29 is 8.85 Å². The van der Waals surface area contributed by atoms with E-state index in [1.165, 1.54) is 77.0 Å². The van der Waals surface area contributed by atoms with Crippen LogP contribution in [0.25, 0.3) is 0 Å². The molecule has 0 spiro atoms. The van der Waals surface area contributed by atoms with Gasteiger partial charge in [0.25, 0.3) is 0 Å². The second kappa shape index (κ2) is 18.2. The lowest BCUT2D eigenvalue weighted by Crippen LogP contribution is -2.37. The van der Waals surface area contributed by atoms with Gasteiger partial charge in [-0.25, -0.2) is 0 Å². The highest BCUT2D eigenvalue weighted by Crippen LogP contribution is 2.14. The first kappa shape index (κ1) is 25.9. The molecule has 2 nitrogen and oxygen atoms in total. The average Bonchev–Trinajstić information content (AvgIpc) is 2.61. The van der Waals surface area contributed by atoms with Gasteiger partial charge in [0.05, 0.1) is 0 Å². The zero-order valence-electron chi connectivity index (χ0n) is 18.5. The molecule has 0 N–H and O–H groups in total. The number of unbranched alkanes of at least 4 members (excludes halogenated alkanes) is 12. The molecule has 0 bridgehead atoms. The van der Waals surface area contributed by atoms with E-state index in [1.807, 2.05) is 5.70 Å². The van der Waals surface area contributed by atoms with Crippen LogP contribution in [0, 0.1) is 5.92 Å². The molecule has 26 heavy (non-hydrogen) atoms. The Balaban J connectivity index is 3.39. The maximum atomic E-state index is 6.06. The molecule has 0 fully saturated rings. The maximum Gasteiger partial charge on any atom is 0.361 e. The van der Waals surface area contributed by atoms with Crippen LogP contribution in [0.4, 0.5) is 0 Å². The molecule has 0 saturated heterocycles. The largest absolute Gasteiger partial charge is 0.391 e. The summed E-state index contributed by atoms with van der Waals surface area (Å²) in [4.78, 5) is 0. The molecule has 0 heterocycles.